The van der Waals surface area contributed by atoms with Gasteiger partial charge in [-0.3, -0.25) is 4.79 Å². The number of rotatable bonds is 8. The molecule has 1 aromatic carbocycles. The topological polar surface area (TPSA) is 125 Å². The summed E-state index contributed by atoms with van der Waals surface area (Å²) < 4.78 is 5.50. The molecule has 2 aromatic heterocycles. The molecule has 2 fully saturated rings. The van der Waals surface area contributed by atoms with E-state index in [9.17, 15) is 9.90 Å². The molecule has 10 nitrogen and oxygen atoms in total. The Morgan fingerprint density at radius 3 is 2.75 bits per heavy atom. The van der Waals surface area contributed by atoms with Crippen molar-refractivity contribution in [1.82, 2.24) is 20.2 Å². The van der Waals surface area contributed by atoms with Crippen LogP contribution in [0.3, 0.4) is 0 Å². The van der Waals surface area contributed by atoms with Gasteiger partial charge in [-0.25, -0.2) is 9.97 Å². The van der Waals surface area contributed by atoms with Gasteiger partial charge in [-0.2, -0.15) is 5.10 Å². The average Bonchev–Trinajstić information content (AvgIpc) is 3.76. The summed E-state index contributed by atoms with van der Waals surface area (Å²) in [5.74, 6) is 2.14. The molecule has 5 rings (SSSR count). The van der Waals surface area contributed by atoms with Gasteiger partial charge in [0.25, 0.3) is 5.91 Å². The van der Waals surface area contributed by atoms with Crippen molar-refractivity contribution < 1.29 is 14.6 Å². The zero-order valence-corrected chi connectivity index (χ0v) is 20.6. The fourth-order valence-corrected chi connectivity index (χ4v) is 4.15. The zero-order valence-electron chi connectivity index (χ0n) is 20.6. The van der Waals surface area contributed by atoms with Gasteiger partial charge in [0.15, 0.2) is 11.5 Å². The van der Waals surface area contributed by atoms with Gasteiger partial charge in [-0.15, -0.1) is 5.10 Å². The minimum atomic E-state index is -0.304. The summed E-state index contributed by atoms with van der Waals surface area (Å²) in [6.45, 7) is 6.61. The number of amides is 1. The van der Waals surface area contributed by atoms with Gasteiger partial charge in [0, 0.05) is 36.4 Å². The van der Waals surface area contributed by atoms with Gasteiger partial charge >= 0.3 is 0 Å². The summed E-state index contributed by atoms with van der Waals surface area (Å²) in [6, 6.07) is 9.23. The number of benzene rings is 1. The van der Waals surface area contributed by atoms with E-state index in [1.54, 1.807) is 6.20 Å². The van der Waals surface area contributed by atoms with Gasteiger partial charge in [-0.1, -0.05) is 6.07 Å². The van der Waals surface area contributed by atoms with Crippen molar-refractivity contribution in [2.45, 2.75) is 38.6 Å². The van der Waals surface area contributed by atoms with Crippen LogP contribution in [0.2, 0.25) is 0 Å². The van der Waals surface area contributed by atoms with Crippen LogP contribution in [0.15, 0.2) is 36.5 Å². The summed E-state index contributed by atoms with van der Waals surface area (Å²) in [7, 11) is 0. The molecule has 0 bridgehead atoms. The Bertz CT molecular complexity index is 1240. The van der Waals surface area contributed by atoms with Crippen LogP contribution in [-0.2, 0) is 4.74 Å². The average molecular weight is 490 g/mol. The Kier molecular flexibility index (Phi) is 7.06. The summed E-state index contributed by atoms with van der Waals surface area (Å²) >= 11 is 0. The van der Waals surface area contributed by atoms with E-state index in [1.807, 2.05) is 44.2 Å². The number of nitrogens with one attached hydrogen (secondary N) is 2. The van der Waals surface area contributed by atoms with Crippen LogP contribution in [0.1, 0.15) is 47.3 Å². The minimum Gasteiger partial charge on any atom is -0.394 e. The summed E-state index contributed by atoms with van der Waals surface area (Å²) in [4.78, 5) is 24.7. The van der Waals surface area contributed by atoms with Crippen LogP contribution >= 0.6 is 0 Å². The monoisotopic (exact) mass is 489 g/mol. The van der Waals surface area contributed by atoms with Crippen LogP contribution in [-0.4, -0.2) is 70.1 Å². The first-order valence-electron chi connectivity index (χ1n) is 12.3. The predicted molar refractivity (Wildman–Crippen MR) is 137 cm³/mol. The number of hydrogen-bond acceptors (Lipinski definition) is 9. The van der Waals surface area contributed by atoms with Gasteiger partial charge < -0.3 is 25.4 Å². The quantitative estimate of drug-likeness (QED) is 0.438. The summed E-state index contributed by atoms with van der Waals surface area (Å²) in [5.41, 5.74) is 3.77. The number of nitrogens with zero attached hydrogens (tertiary/aromatic N) is 5. The van der Waals surface area contributed by atoms with Gasteiger partial charge in [-0.05, 0) is 61.9 Å². The molecule has 1 atom stereocenters. The number of anilines is 3. The Hall–Kier alpha value is -3.63. The number of aliphatic hydroxyl groups excluding tert-OH is 1. The van der Waals surface area contributed by atoms with Crippen LogP contribution < -0.4 is 15.5 Å². The van der Waals surface area contributed by atoms with Crippen molar-refractivity contribution >= 4 is 23.2 Å². The third kappa shape index (κ3) is 5.60. The van der Waals surface area contributed by atoms with Gasteiger partial charge in [0.1, 0.15) is 11.6 Å². The molecule has 1 amide bonds. The molecule has 2 aliphatic rings. The van der Waals surface area contributed by atoms with Crippen molar-refractivity contribution in [2.24, 2.45) is 0 Å². The lowest BCUT2D eigenvalue weighted by Gasteiger charge is -2.28. The first kappa shape index (κ1) is 24.1. The molecule has 0 unspecified atom stereocenters. The number of aliphatic hydroxyl groups is 1. The Labute approximate surface area is 210 Å². The molecule has 10 heteroatoms. The predicted octanol–water partition coefficient (Wildman–Crippen LogP) is 3.00. The molecule has 1 saturated carbocycles. The van der Waals surface area contributed by atoms with E-state index in [2.05, 4.69) is 25.7 Å². The van der Waals surface area contributed by atoms with E-state index in [4.69, 9.17) is 14.7 Å². The van der Waals surface area contributed by atoms with Crippen LogP contribution in [0.4, 0.5) is 17.3 Å². The van der Waals surface area contributed by atoms with Gasteiger partial charge in [0.05, 0.1) is 26.0 Å². The fraction of sp³-hybridized carbons (Fsp3) is 0.423. The van der Waals surface area contributed by atoms with Crippen molar-refractivity contribution in [3.8, 4) is 11.4 Å². The molecule has 36 heavy (non-hydrogen) atoms. The lowest BCUT2D eigenvalue weighted by Crippen LogP contribution is -2.37. The highest BCUT2D eigenvalue weighted by atomic mass is 16.5. The number of morpholine rings is 1. The largest absolute Gasteiger partial charge is 0.394 e. The van der Waals surface area contributed by atoms with E-state index < -0.39 is 0 Å². The highest BCUT2D eigenvalue weighted by Crippen LogP contribution is 2.39. The highest BCUT2D eigenvalue weighted by molar-refractivity contribution is 6.03. The molecule has 3 N–H and O–H groups in total. The normalized spacial score (nSPS) is 16.5. The molecule has 3 aromatic rings. The van der Waals surface area contributed by atoms with Crippen molar-refractivity contribution in [1.29, 1.82) is 0 Å². The lowest BCUT2D eigenvalue weighted by molar-refractivity contribution is 0.102. The molecule has 1 aliphatic carbocycles. The van der Waals surface area contributed by atoms with E-state index in [0.717, 1.165) is 48.4 Å². The number of ether oxygens (including phenoxy) is 1. The van der Waals surface area contributed by atoms with Crippen LogP contribution in [0.5, 0.6) is 0 Å². The number of hydrogen-bond donors (Lipinski definition) is 3. The molecule has 0 spiro atoms. The number of aromatic nitrogens is 4. The van der Waals surface area contributed by atoms with Crippen LogP contribution in [0, 0.1) is 6.92 Å². The second-order valence-corrected chi connectivity index (χ2v) is 9.39. The van der Waals surface area contributed by atoms with Crippen molar-refractivity contribution in [3.63, 3.8) is 0 Å². The molecule has 1 aliphatic heterocycles. The smallest absolute Gasteiger partial charge is 0.276 e. The third-order valence-corrected chi connectivity index (χ3v) is 6.41. The van der Waals surface area contributed by atoms with Crippen LogP contribution in [0.25, 0.3) is 11.4 Å². The van der Waals surface area contributed by atoms with E-state index in [0.29, 0.717) is 42.2 Å². The maximum atomic E-state index is 12.9. The van der Waals surface area contributed by atoms with Crippen molar-refractivity contribution in [2.75, 3.05) is 48.4 Å². The van der Waals surface area contributed by atoms with E-state index in [-0.39, 0.29) is 18.6 Å². The second kappa shape index (κ2) is 10.5. The maximum Gasteiger partial charge on any atom is 0.276 e. The fourth-order valence-electron chi connectivity index (χ4n) is 4.15. The minimum absolute atomic E-state index is 0.0163. The standard InChI is InChI=1S/C26H31N7O3/c1-16-3-6-20(29-26(35)22-11-19(14-27-32-22)18-4-5-18)12-21(16)25-30-23(28-17(2)15-34)13-24(31-25)33-7-9-36-10-8-33/h3,6,11-14,17-18,34H,4-5,7-10,15H2,1-2H3,(H,29,35)(H,28,30,31)/t17-/m1/s1. The molecule has 0 radical (unpaired) electrons. The molecular formula is C26H31N7O3. The molecule has 1 saturated heterocycles. The highest BCUT2D eigenvalue weighted by Gasteiger charge is 2.25. The number of aryl methyl sites for hydroxylation is 1. The zero-order chi connectivity index (χ0) is 25.1. The van der Waals surface area contributed by atoms with Crippen molar-refractivity contribution in [3.05, 3.63) is 53.3 Å². The summed E-state index contributed by atoms with van der Waals surface area (Å²) in [6.07, 6.45) is 4.00. The van der Waals surface area contributed by atoms with Gasteiger partial charge in [0.2, 0.25) is 0 Å². The third-order valence-electron chi connectivity index (χ3n) is 6.41. The SMILES string of the molecule is Cc1ccc(NC(=O)c2cc(C3CC3)cnn2)cc1-c1nc(N[C@H](C)CO)cc(N2CCOCC2)n1. The molecule has 3 heterocycles. The number of carbonyl (C=O) groups excluding carboxylic acids is 1. The first-order valence-corrected chi connectivity index (χ1v) is 12.3. The Morgan fingerprint density at radius 2 is 2.00 bits per heavy atom. The lowest BCUT2D eigenvalue weighted by atomic mass is 10.1. The second-order valence-electron chi connectivity index (χ2n) is 9.39. The first-order chi connectivity index (χ1) is 17.5. The molecular weight excluding hydrogens is 458 g/mol. The number of carbonyl (C=O) groups is 1. The van der Waals surface area contributed by atoms with E-state index >= 15 is 0 Å². The summed E-state index contributed by atoms with van der Waals surface area (Å²) in [5, 5.41) is 23.8. The maximum absolute atomic E-state index is 12.9. The van der Waals surface area contributed by atoms with E-state index in [1.165, 1.54) is 0 Å². The Balaban J connectivity index is 1.44. The molecule has 188 valence electrons. The Morgan fingerprint density at radius 1 is 1.19 bits per heavy atom.